The lowest BCUT2D eigenvalue weighted by molar-refractivity contribution is 0.613. The number of hydrogen-bond acceptors (Lipinski definition) is 2. The fraction of sp³-hybridized carbons (Fsp3) is 0.286. The molecule has 0 amide bonds. The van der Waals surface area contributed by atoms with Crippen molar-refractivity contribution < 1.29 is 4.39 Å². The topological polar surface area (TPSA) is 48.6 Å². The Hall–Kier alpha value is -1.46. The second-order valence-electron chi connectivity index (χ2n) is 4.49. The first-order valence-electron chi connectivity index (χ1n) is 6.30. The molecule has 106 valence electrons. The summed E-state index contributed by atoms with van der Waals surface area (Å²) in [5.74, 6) is -0.415. The Balaban J connectivity index is 2.53. The predicted octanol–water partition coefficient (Wildman–Crippen LogP) is 3.77. The van der Waals surface area contributed by atoms with Crippen LogP contribution in [0.25, 0.3) is 0 Å². The van der Waals surface area contributed by atoms with E-state index in [0.29, 0.717) is 22.6 Å². The van der Waals surface area contributed by atoms with Crippen LogP contribution in [0.1, 0.15) is 30.2 Å². The van der Waals surface area contributed by atoms with E-state index < -0.39 is 5.82 Å². The molecule has 0 atom stereocenters. The molecule has 2 rings (SSSR count). The van der Waals surface area contributed by atoms with Gasteiger partial charge in [-0.15, -0.1) is 0 Å². The van der Waals surface area contributed by atoms with Crippen molar-refractivity contribution in [3.63, 3.8) is 0 Å². The fourth-order valence-corrected chi connectivity index (χ4v) is 2.53. The average Bonchev–Trinajstić information content (AvgIpc) is 2.36. The lowest BCUT2D eigenvalue weighted by atomic mass is 10.0. The van der Waals surface area contributed by atoms with E-state index >= 15 is 0 Å². The summed E-state index contributed by atoms with van der Waals surface area (Å²) in [6.07, 6.45) is 1.67. The van der Waals surface area contributed by atoms with Crippen LogP contribution in [0.5, 0.6) is 0 Å². The summed E-state index contributed by atoms with van der Waals surface area (Å²) < 4.78 is 14.1. The Kier molecular flexibility index (Phi) is 4.73. The average molecular weight is 313 g/mol. The molecule has 0 radical (unpaired) electrons. The summed E-state index contributed by atoms with van der Waals surface area (Å²) in [5.41, 5.74) is 1.24. The van der Waals surface area contributed by atoms with Gasteiger partial charge in [0.25, 0.3) is 5.56 Å². The molecule has 2 aromatic rings. The number of benzene rings is 1. The highest BCUT2D eigenvalue weighted by Crippen LogP contribution is 2.22. The van der Waals surface area contributed by atoms with Crippen LogP contribution < -0.4 is 5.56 Å². The van der Waals surface area contributed by atoms with Gasteiger partial charge in [-0.3, -0.25) is 9.78 Å². The van der Waals surface area contributed by atoms with Gasteiger partial charge in [0.05, 0.1) is 0 Å². The van der Waals surface area contributed by atoms with Gasteiger partial charge < -0.3 is 4.98 Å². The molecule has 1 aromatic heterocycles. The van der Waals surface area contributed by atoms with E-state index in [0.717, 1.165) is 12.1 Å². The number of aromatic nitrogens is 2. The molecule has 20 heavy (non-hydrogen) atoms. The largest absolute Gasteiger partial charge is 0.336 e. The number of hydrogen-bond donors (Lipinski definition) is 2. The summed E-state index contributed by atoms with van der Waals surface area (Å²) >= 11 is 11.0. The molecule has 0 aliphatic carbocycles. The molecule has 0 aliphatic rings. The van der Waals surface area contributed by atoms with Crippen LogP contribution in [0.3, 0.4) is 0 Å². The second kappa shape index (κ2) is 6.33. The molecule has 0 fully saturated rings. The SMILES string of the molecule is CCCc1[nH]c(=S)[nH]c(=O)c1Cc1c(F)cccc1Cl. The summed E-state index contributed by atoms with van der Waals surface area (Å²) in [6, 6.07) is 4.48. The monoisotopic (exact) mass is 312 g/mol. The Bertz CT molecular complexity index is 718. The minimum Gasteiger partial charge on any atom is -0.336 e. The van der Waals surface area contributed by atoms with E-state index in [4.69, 9.17) is 23.8 Å². The fourth-order valence-electron chi connectivity index (χ4n) is 2.09. The third kappa shape index (κ3) is 3.16. The third-order valence-electron chi connectivity index (χ3n) is 3.05. The van der Waals surface area contributed by atoms with Gasteiger partial charge >= 0.3 is 0 Å². The number of aromatic amines is 2. The zero-order valence-corrected chi connectivity index (χ0v) is 12.5. The molecule has 0 saturated heterocycles. The van der Waals surface area contributed by atoms with Crippen LogP contribution in [0.15, 0.2) is 23.0 Å². The van der Waals surface area contributed by atoms with Gasteiger partial charge in [0, 0.05) is 28.3 Å². The summed E-state index contributed by atoms with van der Waals surface area (Å²) in [4.78, 5) is 17.6. The van der Waals surface area contributed by atoms with E-state index in [1.807, 2.05) is 6.92 Å². The van der Waals surface area contributed by atoms with Crippen molar-refractivity contribution in [2.45, 2.75) is 26.2 Å². The molecule has 1 aromatic carbocycles. The molecule has 0 unspecified atom stereocenters. The molecule has 3 nitrogen and oxygen atoms in total. The van der Waals surface area contributed by atoms with Crippen LogP contribution in [-0.2, 0) is 12.8 Å². The molecule has 0 bridgehead atoms. The van der Waals surface area contributed by atoms with Crippen LogP contribution >= 0.6 is 23.8 Å². The molecular formula is C14H14ClFN2OS. The Morgan fingerprint density at radius 2 is 2.05 bits per heavy atom. The Morgan fingerprint density at radius 1 is 1.30 bits per heavy atom. The maximum Gasteiger partial charge on any atom is 0.255 e. The molecule has 6 heteroatoms. The minimum atomic E-state index is -0.415. The van der Waals surface area contributed by atoms with Crippen molar-refractivity contribution in [2.75, 3.05) is 0 Å². The first kappa shape index (κ1) is 14.9. The van der Waals surface area contributed by atoms with E-state index in [1.54, 1.807) is 6.07 Å². The number of aryl methyl sites for hydroxylation is 1. The molecule has 2 N–H and O–H groups in total. The van der Waals surface area contributed by atoms with E-state index in [1.165, 1.54) is 12.1 Å². The Labute approximate surface area is 125 Å². The van der Waals surface area contributed by atoms with E-state index in [-0.39, 0.29) is 16.8 Å². The van der Waals surface area contributed by atoms with Gasteiger partial charge in [-0.25, -0.2) is 4.39 Å². The van der Waals surface area contributed by atoms with E-state index in [9.17, 15) is 9.18 Å². The van der Waals surface area contributed by atoms with Crippen LogP contribution in [0, 0.1) is 10.6 Å². The molecule has 0 saturated carbocycles. The zero-order chi connectivity index (χ0) is 14.7. The first-order chi connectivity index (χ1) is 9.52. The summed E-state index contributed by atoms with van der Waals surface area (Å²) in [5, 5.41) is 0.314. The highest BCUT2D eigenvalue weighted by molar-refractivity contribution is 7.71. The van der Waals surface area contributed by atoms with Crippen molar-refractivity contribution >= 4 is 23.8 Å². The van der Waals surface area contributed by atoms with E-state index in [2.05, 4.69) is 9.97 Å². The van der Waals surface area contributed by atoms with Crippen molar-refractivity contribution in [1.29, 1.82) is 0 Å². The highest BCUT2D eigenvalue weighted by Gasteiger charge is 2.14. The van der Waals surface area contributed by atoms with Gasteiger partial charge in [-0.2, -0.15) is 0 Å². The van der Waals surface area contributed by atoms with Gasteiger partial charge in [0.15, 0.2) is 4.77 Å². The summed E-state index contributed by atoms with van der Waals surface area (Å²) in [6.45, 7) is 2.00. The highest BCUT2D eigenvalue weighted by atomic mass is 35.5. The number of halogens is 2. The summed E-state index contributed by atoms with van der Waals surface area (Å²) in [7, 11) is 0. The maximum absolute atomic E-state index is 13.8. The standard InChI is InChI=1S/C14H14ClFN2OS/c1-2-4-12-9(13(19)18-14(20)17-12)7-8-10(15)5-3-6-11(8)16/h3,5-6H,2,4,7H2,1H3,(H2,17,18,19,20). The zero-order valence-electron chi connectivity index (χ0n) is 10.9. The van der Waals surface area contributed by atoms with Crippen molar-refractivity contribution in [1.82, 2.24) is 9.97 Å². The second-order valence-corrected chi connectivity index (χ2v) is 5.31. The van der Waals surface area contributed by atoms with Gasteiger partial charge in [0.2, 0.25) is 0 Å². The normalized spacial score (nSPS) is 10.8. The molecule has 1 heterocycles. The number of nitrogens with one attached hydrogen (secondary N) is 2. The van der Waals surface area contributed by atoms with Crippen LogP contribution in [0.4, 0.5) is 4.39 Å². The lowest BCUT2D eigenvalue weighted by Crippen LogP contribution is -2.19. The molecule has 0 aliphatic heterocycles. The van der Waals surface area contributed by atoms with Crippen LogP contribution in [-0.4, -0.2) is 9.97 Å². The number of rotatable bonds is 4. The lowest BCUT2D eigenvalue weighted by Gasteiger charge is -2.10. The quantitative estimate of drug-likeness (QED) is 0.844. The van der Waals surface area contributed by atoms with Gasteiger partial charge in [-0.1, -0.05) is 31.0 Å². The first-order valence-corrected chi connectivity index (χ1v) is 7.08. The Morgan fingerprint density at radius 3 is 2.70 bits per heavy atom. The van der Waals surface area contributed by atoms with Crippen molar-refractivity contribution in [3.05, 3.63) is 61.0 Å². The smallest absolute Gasteiger partial charge is 0.255 e. The van der Waals surface area contributed by atoms with Crippen molar-refractivity contribution in [2.24, 2.45) is 0 Å². The minimum absolute atomic E-state index is 0.141. The van der Waals surface area contributed by atoms with Crippen LogP contribution in [0.2, 0.25) is 5.02 Å². The van der Waals surface area contributed by atoms with Crippen molar-refractivity contribution in [3.8, 4) is 0 Å². The van der Waals surface area contributed by atoms with Gasteiger partial charge in [-0.05, 0) is 30.8 Å². The third-order valence-corrected chi connectivity index (χ3v) is 3.60. The number of H-pyrrole nitrogens is 2. The predicted molar refractivity (Wildman–Crippen MR) is 80.5 cm³/mol. The maximum atomic E-state index is 13.8. The van der Waals surface area contributed by atoms with Gasteiger partial charge in [0.1, 0.15) is 5.82 Å². The molecular weight excluding hydrogens is 299 g/mol. The molecule has 0 spiro atoms.